The Morgan fingerprint density at radius 1 is 1.00 bits per heavy atom. The van der Waals surface area contributed by atoms with Gasteiger partial charge in [0.1, 0.15) is 5.82 Å². The van der Waals surface area contributed by atoms with E-state index in [1.807, 2.05) is 31.2 Å². The second kappa shape index (κ2) is 10.4. The van der Waals surface area contributed by atoms with E-state index >= 15 is 4.39 Å². The number of aryl methyl sites for hydroxylation is 2. The fourth-order valence-electron chi connectivity index (χ4n) is 4.44. The second-order valence-electron chi connectivity index (χ2n) is 8.61. The van der Waals surface area contributed by atoms with Gasteiger partial charge in [-0.05, 0) is 52.9 Å². The maximum absolute atomic E-state index is 15.7. The molecule has 0 spiro atoms. The molecule has 1 atom stereocenters. The average molecular weight is 485 g/mol. The third-order valence-corrected chi connectivity index (χ3v) is 6.35. The zero-order valence-electron chi connectivity index (χ0n) is 19.9. The number of nitrogens with zero attached hydrogens (tertiary/aromatic N) is 2. The van der Waals surface area contributed by atoms with E-state index < -0.39 is 17.7 Å². The van der Waals surface area contributed by atoms with Gasteiger partial charge in [0.15, 0.2) is 0 Å². The van der Waals surface area contributed by atoms with Crippen molar-refractivity contribution < 1.29 is 19.5 Å². The van der Waals surface area contributed by atoms with Gasteiger partial charge < -0.3 is 14.9 Å². The lowest BCUT2D eigenvalue weighted by Gasteiger charge is -2.22. The normalized spacial score (nSPS) is 12.4. The lowest BCUT2D eigenvalue weighted by atomic mass is 9.82. The molecule has 7 heteroatoms. The monoisotopic (exact) mass is 484 g/mol. The van der Waals surface area contributed by atoms with Crippen LogP contribution in [0.15, 0.2) is 95.0 Å². The Hall–Kier alpha value is -4.52. The smallest absolute Gasteiger partial charge is 0.336 e. The second-order valence-corrected chi connectivity index (χ2v) is 8.61. The van der Waals surface area contributed by atoms with Gasteiger partial charge in [-0.25, -0.2) is 9.18 Å². The zero-order valence-corrected chi connectivity index (χ0v) is 19.9. The van der Waals surface area contributed by atoms with Gasteiger partial charge in [0.2, 0.25) is 5.56 Å². The predicted molar refractivity (Wildman–Crippen MR) is 136 cm³/mol. The van der Waals surface area contributed by atoms with Crippen molar-refractivity contribution in [2.75, 3.05) is 0 Å². The highest BCUT2D eigenvalue weighted by molar-refractivity contribution is 6.00. The van der Waals surface area contributed by atoms with Crippen LogP contribution in [0.3, 0.4) is 0 Å². The average Bonchev–Trinajstić information content (AvgIpc) is 2.87. The van der Waals surface area contributed by atoms with Crippen LogP contribution in [0.1, 0.15) is 45.0 Å². The number of aromatic carboxylic acids is 1. The summed E-state index contributed by atoms with van der Waals surface area (Å²) in [5.74, 6) is -2.09. The van der Waals surface area contributed by atoms with Gasteiger partial charge in [-0.15, -0.1) is 0 Å². The molecule has 0 radical (unpaired) electrons. The number of pyridine rings is 1. The summed E-state index contributed by atoms with van der Waals surface area (Å²) in [5, 5.41) is 22.9. The molecule has 4 aromatic rings. The first kappa shape index (κ1) is 24.6. The number of carboxylic acid groups (broad SMARTS) is 1. The SMILES string of the molecule is Cc1ccccc1C(CC(=NO)c1ccc(=O)n(C)c1)c1ccc(-c2ccccc2C(=O)O)cc1F. The molecule has 36 heavy (non-hydrogen) atoms. The molecule has 0 aliphatic carbocycles. The van der Waals surface area contributed by atoms with Crippen LogP contribution in [0.4, 0.5) is 4.39 Å². The van der Waals surface area contributed by atoms with Crippen molar-refractivity contribution in [2.24, 2.45) is 12.2 Å². The molecular weight excluding hydrogens is 459 g/mol. The van der Waals surface area contributed by atoms with E-state index in [-0.39, 0.29) is 17.5 Å². The van der Waals surface area contributed by atoms with Gasteiger partial charge >= 0.3 is 5.97 Å². The summed E-state index contributed by atoms with van der Waals surface area (Å²) >= 11 is 0. The molecule has 182 valence electrons. The number of hydrogen-bond donors (Lipinski definition) is 2. The van der Waals surface area contributed by atoms with E-state index in [9.17, 15) is 19.9 Å². The van der Waals surface area contributed by atoms with Gasteiger partial charge in [0, 0.05) is 37.2 Å². The molecule has 0 aliphatic rings. The molecule has 0 amide bonds. The van der Waals surface area contributed by atoms with E-state index in [2.05, 4.69) is 5.16 Å². The first-order valence-electron chi connectivity index (χ1n) is 11.4. The minimum Gasteiger partial charge on any atom is -0.478 e. The molecule has 1 aromatic heterocycles. The van der Waals surface area contributed by atoms with Gasteiger partial charge in [0.05, 0.1) is 11.3 Å². The molecule has 4 rings (SSSR count). The van der Waals surface area contributed by atoms with Crippen LogP contribution < -0.4 is 5.56 Å². The largest absolute Gasteiger partial charge is 0.478 e. The maximum Gasteiger partial charge on any atom is 0.336 e. The highest BCUT2D eigenvalue weighted by Crippen LogP contribution is 2.35. The Morgan fingerprint density at radius 3 is 2.39 bits per heavy atom. The van der Waals surface area contributed by atoms with Crippen molar-refractivity contribution in [3.8, 4) is 11.1 Å². The molecular formula is C29H25FN2O4. The molecule has 3 aromatic carbocycles. The molecule has 0 saturated carbocycles. The lowest BCUT2D eigenvalue weighted by Crippen LogP contribution is -2.18. The standard InChI is InChI=1S/C29H25FN2O4/c1-18-7-3-4-8-21(18)25(16-27(31-36)20-12-14-28(33)32(2)17-20)23-13-11-19(15-26(23)30)22-9-5-6-10-24(22)29(34)35/h3-15,17,25,36H,16H2,1-2H3,(H,34,35). The van der Waals surface area contributed by atoms with Crippen LogP contribution in [0, 0.1) is 12.7 Å². The summed E-state index contributed by atoms with van der Waals surface area (Å²) in [6, 6.07) is 21.7. The van der Waals surface area contributed by atoms with Crippen LogP contribution in [0.25, 0.3) is 11.1 Å². The molecule has 1 unspecified atom stereocenters. The predicted octanol–water partition coefficient (Wildman–Crippen LogP) is 5.60. The third-order valence-electron chi connectivity index (χ3n) is 6.35. The van der Waals surface area contributed by atoms with E-state index in [0.29, 0.717) is 28.0 Å². The van der Waals surface area contributed by atoms with Crippen molar-refractivity contribution in [3.05, 3.63) is 129 Å². The lowest BCUT2D eigenvalue weighted by molar-refractivity contribution is 0.0697. The number of hydrogen-bond acceptors (Lipinski definition) is 4. The van der Waals surface area contributed by atoms with Gasteiger partial charge in [-0.3, -0.25) is 4.79 Å². The summed E-state index contributed by atoms with van der Waals surface area (Å²) in [7, 11) is 1.60. The summed E-state index contributed by atoms with van der Waals surface area (Å²) in [5.41, 5.74) is 3.80. The molecule has 0 aliphatic heterocycles. The number of benzene rings is 3. The van der Waals surface area contributed by atoms with Crippen molar-refractivity contribution in [2.45, 2.75) is 19.3 Å². The number of aromatic nitrogens is 1. The Kier molecular flexibility index (Phi) is 7.10. The summed E-state index contributed by atoms with van der Waals surface area (Å²) in [6.45, 7) is 1.93. The third kappa shape index (κ3) is 4.95. The summed E-state index contributed by atoms with van der Waals surface area (Å²) < 4.78 is 17.1. The number of carboxylic acids is 1. The summed E-state index contributed by atoms with van der Waals surface area (Å²) in [6.07, 6.45) is 1.75. The quantitative estimate of drug-likeness (QED) is 0.203. The van der Waals surface area contributed by atoms with Crippen LogP contribution in [0.2, 0.25) is 0 Å². The number of oxime groups is 1. The molecule has 2 N–H and O–H groups in total. The molecule has 0 bridgehead atoms. The minimum atomic E-state index is -1.09. The first-order chi connectivity index (χ1) is 17.3. The number of rotatable bonds is 7. The zero-order chi connectivity index (χ0) is 25.8. The highest BCUT2D eigenvalue weighted by Gasteiger charge is 2.24. The van der Waals surface area contributed by atoms with Gasteiger partial charge in [-0.1, -0.05) is 59.8 Å². The Bertz CT molecular complexity index is 1520. The minimum absolute atomic E-state index is 0.0875. The first-order valence-corrected chi connectivity index (χ1v) is 11.4. The van der Waals surface area contributed by atoms with Crippen LogP contribution in [0.5, 0.6) is 0 Å². The number of carbonyl (C=O) groups is 1. The van der Waals surface area contributed by atoms with Crippen molar-refractivity contribution in [1.29, 1.82) is 0 Å². The highest BCUT2D eigenvalue weighted by atomic mass is 19.1. The van der Waals surface area contributed by atoms with Crippen LogP contribution in [-0.2, 0) is 7.05 Å². The van der Waals surface area contributed by atoms with Gasteiger partial charge in [-0.2, -0.15) is 0 Å². The molecule has 0 fully saturated rings. The molecule has 6 nitrogen and oxygen atoms in total. The Labute approximate surface area is 207 Å². The Balaban J connectivity index is 1.81. The van der Waals surface area contributed by atoms with E-state index in [4.69, 9.17) is 0 Å². The molecule has 1 heterocycles. The van der Waals surface area contributed by atoms with Crippen LogP contribution in [-0.4, -0.2) is 26.6 Å². The van der Waals surface area contributed by atoms with Crippen molar-refractivity contribution in [3.63, 3.8) is 0 Å². The van der Waals surface area contributed by atoms with Crippen molar-refractivity contribution in [1.82, 2.24) is 4.57 Å². The fourth-order valence-corrected chi connectivity index (χ4v) is 4.44. The van der Waals surface area contributed by atoms with E-state index in [1.54, 1.807) is 49.6 Å². The summed E-state index contributed by atoms with van der Waals surface area (Å²) in [4.78, 5) is 23.5. The van der Waals surface area contributed by atoms with Gasteiger partial charge in [0.25, 0.3) is 0 Å². The van der Waals surface area contributed by atoms with E-state index in [0.717, 1.165) is 11.1 Å². The van der Waals surface area contributed by atoms with Crippen LogP contribution >= 0.6 is 0 Å². The Morgan fingerprint density at radius 2 is 1.72 bits per heavy atom. The van der Waals surface area contributed by atoms with Crippen molar-refractivity contribution >= 4 is 11.7 Å². The van der Waals surface area contributed by atoms with E-state index in [1.165, 1.54) is 22.8 Å². The maximum atomic E-state index is 15.7. The fraction of sp³-hybridized carbons (Fsp3) is 0.138. The molecule has 0 saturated heterocycles. The number of halogens is 1. The topological polar surface area (TPSA) is 91.9 Å².